The van der Waals surface area contributed by atoms with E-state index in [9.17, 15) is 14.4 Å². The van der Waals surface area contributed by atoms with Crippen molar-refractivity contribution in [1.29, 1.82) is 0 Å². The van der Waals surface area contributed by atoms with Crippen molar-refractivity contribution in [3.63, 3.8) is 0 Å². The molecule has 2 rings (SSSR count). The maximum absolute atomic E-state index is 11.4. The van der Waals surface area contributed by atoms with Crippen LogP contribution < -0.4 is 16.4 Å². The number of hydrogen-bond donors (Lipinski definition) is 3. The molecule has 1 unspecified atom stereocenters. The lowest BCUT2D eigenvalue weighted by Gasteiger charge is -2.41. The first-order valence-corrected chi connectivity index (χ1v) is 5.98. The summed E-state index contributed by atoms with van der Waals surface area (Å²) in [7, 11) is 0. The van der Waals surface area contributed by atoms with E-state index in [0.717, 1.165) is 0 Å². The smallest absolute Gasteiger partial charge is 0.312 e. The minimum absolute atomic E-state index is 0.0962. The molecule has 0 aromatic carbocycles. The Kier molecular flexibility index (Phi) is 3.23. The van der Waals surface area contributed by atoms with Crippen molar-refractivity contribution in [2.45, 2.75) is 17.2 Å². The van der Waals surface area contributed by atoms with Crippen LogP contribution in [0.5, 0.6) is 0 Å². The molecule has 1 fully saturated rings. The van der Waals surface area contributed by atoms with Gasteiger partial charge in [0, 0.05) is 6.20 Å². The molecule has 2 heterocycles. The van der Waals surface area contributed by atoms with Gasteiger partial charge in [-0.15, -0.1) is 11.8 Å². The molecule has 0 bridgehead atoms. The summed E-state index contributed by atoms with van der Waals surface area (Å²) >= 11 is 1.49. The van der Waals surface area contributed by atoms with Gasteiger partial charge in [-0.2, -0.15) is 0 Å². The lowest BCUT2D eigenvalue weighted by molar-refractivity contribution is -0.137. The topological polar surface area (TPSA) is 105 Å². The molecule has 7 nitrogen and oxygen atoms in total. The highest BCUT2D eigenvalue weighted by molar-refractivity contribution is 8.00. The zero-order valence-corrected chi connectivity index (χ0v) is 9.70. The molecule has 8 heteroatoms. The number of β-lactam (4-membered cyclic amide) rings is 1. The third-order valence-corrected chi connectivity index (χ3v) is 3.68. The predicted octanol–water partition coefficient (Wildman–Crippen LogP) is -1.08. The van der Waals surface area contributed by atoms with Crippen LogP contribution in [-0.4, -0.2) is 40.0 Å². The summed E-state index contributed by atoms with van der Waals surface area (Å²) in [6, 6.07) is -0.734. The Morgan fingerprint density at radius 1 is 1.59 bits per heavy atom. The molecule has 0 aliphatic carbocycles. The second-order valence-electron chi connectivity index (χ2n) is 3.64. The van der Waals surface area contributed by atoms with E-state index in [0.29, 0.717) is 6.42 Å². The van der Waals surface area contributed by atoms with Crippen molar-refractivity contribution in [3.05, 3.63) is 12.3 Å². The van der Waals surface area contributed by atoms with Gasteiger partial charge < -0.3 is 21.3 Å². The molecule has 17 heavy (non-hydrogen) atoms. The summed E-state index contributed by atoms with van der Waals surface area (Å²) in [5.41, 5.74) is 4.85. The molecular weight excluding hydrogens is 244 g/mol. The average Bonchev–Trinajstić information content (AvgIpc) is 2.25. The summed E-state index contributed by atoms with van der Waals surface area (Å²) in [4.78, 5) is 34.5. The van der Waals surface area contributed by atoms with E-state index in [2.05, 4.69) is 10.6 Å². The van der Waals surface area contributed by atoms with Crippen molar-refractivity contribution >= 4 is 29.6 Å². The Balaban J connectivity index is 1.79. The number of nitrogens with zero attached hydrogens (tertiary/aromatic N) is 1. The lowest BCUT2D eigenvalue weighted by atomic mass is 10.2. The van der Waals surface area contributed by atoms with E-state index >= 15 is 0 Å². The second kappa shape index (κ2) is 4.66. The summed E-state index contributed by atoms with van der Waals surface area (Å²) in [6.45, 7) is -0.145. The van der Waals surface area contributed by atoms with Crippen LogP contribution in [0.2, 0.25) is 0 Å². The van der Waals surface area contributed by atoms with E-state index in [1.807, 2.05) is 0 Å². The molecule has 2 aliphatic heterocycles. The van der Waals surface area contributed by atoms with E-state index in [1.165, 1.54) is 11.8 Å². The van der Waals surface area contributed by atoms with Crippen LogP contribution in [0.25, 0.3) is 0 Å². The Hall–Kier alpha value is -1.70. The van der Waals surface area contributed by atoms with E-state index < -0.39 is 6.03 Å². The first-order valence-electron chi connectivity index (χ1n) is 5.04. The van der Waals surface area contributed by atoms with E-state index in [1.54, 1.807) is 17.2 Å². The van der Waals surface area contributed by atoms with Gasteiger partial charge in [0.2, 0.25) is 11.8 Å². The fourth-order valence-electron chi connectivity index (χ4n) is 1.54. The third kappa shape index (κ3) is 2.70. The molecule has 92 valence electrons. The van der Waals surface area contributed by atoms with Gasteiger partial charge in [0.15, 0.2) is 0 Å². The van der Waals surface area contributed by atoms with Crippen LogP contribution in [0.3, 0.4) is 0 Å². The number of primary amides is 1. The zero-order chi connectivity index (χ0) is 12.4. The zero-order valence-electron chi connectivity index (χ0n) is 8.88. The van der Waals surface area contributed by atoms with Gasteiger partial charge in [-0.3, -0.25) is 9.59 Å². The summed E-state index contributed by atoms with van der Waals surface area (Å²) < 4.78 is 0. The number of thioether (sulfide) groups is 1. The molecular formula is C9H12N4O3S. The number of hydrogen-bond acceptors (Lipinski definition) is 4. The summed E-state index contributed by atoms with van der Waals surface area (Å²) in [6.07, 6.45) is 3.92. The van der Waals surface area contributed by atoms with Gasteiger partial charge >= 0.3 is 6.03 Å². The maximum Gasteiger partial charge on any atom is 0.312 e. The van der Waals surface area contributed by atoms with Crippen LogP contribution in [0.4, 0.5) is 4.79 Å². The fraction of sp³-hybridized carbons (Fsp3) is 0.444. The highest BCUT2D eigenvalue weighted by Gasteiger charge is 2.39. The Bertz CT molecular complexity index is 398. The van der Waals surface area contributed by atoms with Gasteiger partial charge in [-0.05, 0) is 6.08 Å². The number of amides is 4. The largest absolute Gasteiger partial charge is 0.352 e. The molecule has 0 spiro atoms. The van der Waals surface area contributed by atoms with Crippen LogP contribution in [0.1, 0.15) is 6.42 Å². The quantitative estimate of drug-likeness (QED) is 0.558. The van der Waals surface area contributed by atoms with Gasteiger partial charge in [0.05, 0.1) is 23.7 Å². The molecule has 2 aliphatic rings. The van der Waals surface area contributed by atoms with Crippen LogP contribution in [-0.2, 0) is 9.59 Å². The number of carbonyl (C=O) groups is 3. The molecule has 4 N–H and O–H groups in total. The van der Waals surface area contributed by atoms with Gasteiger partial charge in [0.25, 0.3) is 0 Å². The van der Waals surface area contributed by atoms with Gasteiger partial charge in [-0.1, -0.05) is 0 Å². The molecule has 1 saturated heterocycles. The van der Waals surface area contributed by atoms with Crippen LogP contribution >= 0.6 is 11.8 Å². The highest BCUT2D eigenvalue weighted by atomic mass is 32.2. The highest BCUT2D eigenvalue weighted by Crippen LogP contribution is 2.35. The summed E-state index contributed by atoms with van der Waals surface area (Å²) in [5, 5.41) is 4.85. The minimum Gasteiger partial charge on any atom is -0.352 e. The van der Waals surface area contributed by atoms with Crippen molar-refractivity contribution < 1.29 is 14.4 Å². The van der Waals surface area contributed by atoms with Gasteiger partial charge in [0.1, 0.15) is 0 Å². The monoisotopic (exact) mass is 256 g/mol. The van der Waals surface area contributed by atoms with Crippen molar-refractivity contribution in [1.82, 2.24) is 15.5 Å². The first kappa shape index (κ1) is 11.8. The van der Waals surface area contributed by atoms with Crippen LogP contribution in [0.15, 0.2) is 12.3 Å². The standard InChI is InChI=1S/C9H12N4O3S/c10-9(16)11-4-5(14)12-6-1-2-13-7(15)3-8(13)17-6/h1-2,6,8H,3-4H2,(H,12,14)(H3,10,11,16)/t6?,8-/m1/s1. The van der Waals surface area contributed by atoms with Crippen molar-refractivity contribution in [2.24, 2.45) is 5.73 Å². The lowest BCUT2D eigenvalue weighted by Crippen LogP contribution is -2.52. The first-order chi connectivity index (χ1) is 8.06. The predicted molar refractivity (Wildman–Crippen MR) is 61.5 cm³/mol. The number of rotatable bonds is 3. The Morgan fingerprint density at radius 2 is 2.35 bits per heavy atom. The normalized spacial score (nSPS) is 25.9. The SMILES string of the molecule is NC(=O)NCC(=O)NC1C=CN2C(=O)C[C@H]2S1. The number of nitrogens with two attached hydrogens (primary N) is 1. The summed E-state index contributed by atoms with van der Waals surface area (Å²) in [5.74, 6) is -0.219. The Labute approximate surface area is 102 Å². The van der Waals surface area contributed by atoms with Crippen molar-refractivity contribution in [2.75, 3.05) is 6.54 Å². The van der Waals surface area contributed by atoms with E-state index in [-0.39, 0.29) is 29.1 Å². The number of carbonyl (C=O) groups excluding carboxylic acids is 3. The molecule has 4 amide bonds. The van der Waals surface area contributed by atoms with Gasteiger partial charge in [-0.25, -0.2) is 4.79 Å². The molecule has 0 radical (unpaired) electrons. The molecule has 0 aromatic rings. The Morgan fingerprint density at radius 3 is 2.94 bits per heavy atom. The number of fused-ring (bicyclic) bond motifs is 1. The molecule has 2 atom stereocenters. The molecule has 0 aromatic heterocycles. The second-order valence-corrected chi connectivity index (χ2v) is 4.97. The van der Waals surface area contributed by atoms with Crippen LogP contribution in [0, 0.1) is 0 Å². The fourth-order valence-corrected chi connectivity index (χ4v) is 2.80. The van der Waals surface area contributed by atoms with E-state index in [4.69, 9.17) is 5.73 Å². The number of urea groups is 1. The number of nitrogens with one attached hydrogen (secondary N) is 2. The average molecular weight is 256 g/mol. The maximum atomic E-state index is 11.4. The minimum atomic E-state index is -0.734. The molecule has 0 saturated carbocycles. The third-order valence-electron chi connectivity index (χ3n) is 2.40. The van der Waals surface area contributed by atoms with Crippen molar-refractivity contribution in [3.8, 4) is 0 Å².